The third-order valence-electron chi connectivity index (χ3n) is 3.72. The summed E-state index contributed by atoms with van der Waals surface area (Å²) in [5.41, 5.74) is 0.953. The molecule has 1 aliphatic rings. The molecule has 1 aliphatic heterocycles. The van der Waals surface area contributed by atoms with E-state index in [1.807, 2.05) is 12.1 Å². The van der Waals surface area contributed by atoms with E-state index in [-0.39, 0.29) is 0 Å². The first-order chi connectivity index (χ1) is 10.1. The van der Waals surface area contributed by atoms with E-state index in [0.717, 1.165) is 25.1 Å². The van der Waals surface area contributed by atoms with Crippen molar-refractivity contribution in [2.75, 3.05) is 38.7 Å². The maximum atomic E-state index is 12.6. The summed E-state index contributed by atoms with van der Waals surface area (Å²) in [4.78, 5) is 0.364. The minimum absolute atomic E-state index is 0.301. The van der Waals surface area contributed by atoms with Gasteiger partial charge in [0.2, 0.25) is 10.0 Å². The van der Waals surface area contributed by atoms with Crippen molar-refractivity contribution in [3.63, 3.8) is 0 Å². The molecule has 5 nitrogen and oxygen atoms in total. The Morgan fingerprint density at radius 3 is 2.67 bits per heavy atom. The van der Waals surface area contributed by atoms with Crippen molar-refractivity contribution in [1.29, 1.82) is 0 Å². The number of benzene rings is 1. The fourth-order valence-electron chi connectivity index (χ4n) is 2.55. The Hall–Kier alpha value is -1.11. The van der Waals surface area contributed by atoms with Gasteiger partial charge in [-0.2, -0.15) is 4.31 Å². The molecule has 1 aromatic carbocycles. The van der Waals surface area contributed by atoms with Gasteiger partial charge in [0.25, 0.3) is 0 Å². The largest absolute Gasteiger partial charge is 0.385 e. The molecular weight excluding hydrogens is 288 g/mol. The summed E-state index contributed by atoms with van der Waals surface area (Å²) < 4.78 is 31.8. The summed E-state index contributed by atoms with van der Waals surface area (Å²) >= 11 is 0. The van der Waals surface area contributed by atoms with E-state index in [1.165, 1.54) is 0 Å². The molecule has 1 atom stereocenters. The van der Waals surface area contributed by atoms with E-state index in [9.17, 15) is 8.42 Å². The summed E-state index contributed by atoms with van der Waals surface area (Å²) in [5, 5.41) is 3.24. The second-order valence-corrected chi connectivity index (χ2v) is 7.36. The van der Waals surface area contributed by atoms with Crippen LogP contribution in [0.1, 0.15) is 19.8 Å². The van der Waals surface area contributed by atoms with Crippen LogP contribution in [0.2, 0.25) is 0 Å². The first kappa shape index (κ1) is 16.3. The lowest BCUT2D eigenvalue weighted by atomic mass is 10.1. The zero-order chi connectivity index (χ0) is 15.3. The van der Waals surface area contributed by atoms with Crippen molar-refractivity contribution in [2.45, 2.75) is 24.7 Å². The predicted molar refractivity (Wildman–Crippen MR) is 84.0 cm³/mol. The Kier molecular flexibility index (Phi) is 5.61. The third kappa shape index (κ3) is 3.96. The highest BCUT2D eigenvalue weighted by Crippen LogP contribution is 2.25. The molecule has 1 unspecified atom stereocenters. The van der Waals surface area contributed by atoms with Crippen LogP contribution in [0.5, 0.6) is 0 Å². The molecule has 21 heavy (non-hydrogen) atoms. The Labute approximate surface area is 127 Å². The Balaban J connectivity index is 2.06. The van der Waals surface area contributed by atoms with Crippen LogP contribution in [0.3, 0.4) is 0 Å². The van der Waals surface area contributed by atoms with Gasteiger partial charge in [-0.1, -0.05) is 6.92 Å². The average molecular weight is 312 g/mol. The van der Waals surface area contributed by atoms with Gasteiger partial charge in [0.15, 0.2) is 0 Å². The van der Waals surface area contributed by atoms with E-state index in [2.05, 4.69) is 12.2 Å². The van der Waals surface area contributed by atoms with Crippen molar-refractivity contribution >= 4 is 15.7 Å². The molecule has 2 rings (SSSR count). The van der Waals surface area contributed by atoms with E-state index >= 15 is 0 Å². The molecule has 1 N–H and O–H groups in total. The quantitative estimate of drug-likeness (QED) is 0.838. The van der Waals surface area contributed by atoms with E-state index in [1.54, 1.807) is 23.5 Å². The van der Waals surface area contributed by atoms with Crippen LogP contribution in [-0.4, -0.2) is 46.1 Å². The second kappa shape index (κ2) is 7.24. The highest BCUT2D eigenvalue weighted by molar-refractivity contribution is 7.89. The van der Waals surface area contributed by atoms with Gasteiger partial charge in [-0.3, -0.25) is 0 Å². The predicted octanol–water partition coefficient (Wildman–Crippen LogP) is 2.17. The van der Waals surface area contributed by atoms with Gasteiger partial charge in [0.05, 0.1) is 11.5 Å². The zero-order valence-electron chi connectivity index (χ0n) is 12.7. The standard InChI is InChI=1S/C15H24N2O3S/c1-3-9-16-14-4-6-15(7-5-14)21(18,19)17-10-8-13(11-17)12-20-2/h4-7,13,16H,3,8-12H2,1-2H3. The Bertz CT molecular complexity index is 543. The molecule has 0 saturated carbocycles. The molecule has 1 fully saturated rings. The zero-order valence-corrected chi connectivity index (χ0v) is 13.5. The van der Waals surface area contributed by atoms with Gasteiger partial charge in [-0.05, 0) is 43.0 Å². The van der Waals surface area contributed by atoms with Crippen LogP contribution < -0.4 is 5.32 Å². The molecule has 1 saturated heterocycles. The molecule has 0 aromatic heterocycles. The average Bonchev–Trinajstić information content (AvgIpc) is 2.95. The summed E-state index contributed by atoms with van der Waals surface area (Å²) in [6.45, 7) is 4.72. The lowest BCUT2D eigenvalue weighted by Crippen LogP contribution is -2.29. The molecule has 0 radical (unpaired) electrons. The molecule has 0 spiro atoms. The van der Waals surface area contributed by atoms with Gasteiger partial charge >= 0.3 is 0 Å². The topological polar surface area (TPSA) is 58.6 Å². The minimum atomic E-state index is -3.38. The van der Waals surface area contributed by atoms with Crippen LogP contribution in [0.25, 0.3) is 0 Å². The number of nitrogens with zero attached hydrogens (tertiary/aromatic N) is 1. The van der Waals surface area contributed by atoms with Gasteiger partial charge in [0, 0.05) is 32.4 Å². The van der Waals surface area contributed by atoms with Crippen molar-refractivity contribution in [3.8, 4) is 0 Å². The molecule has 118 valence electrons. The van der Waals surface area contributed by atoms with Gasteiger partial charge in [0.1, 0.15) is 0 Å². The highest BCUT2D eigenvalue weighted by Gasteiger charge is 2.32. The first-order valence-corrected chi connectivity index (χ1v) is 8.85. The minimum Gasteiger partial charge on any atom is -0.385 e. The molecule has 1 aromatic rings. The summed E-state index contributed by atoms with van der Waals surface area (Å²) in [7, 11) is -1.73. The number of hydrogen-bond acceptors (Lipinski definition) is 4. The van der Waals surface area contributed by atoms with E-state index in [4.69, 9.17) is 4.74 Å². The summed E-state index contributed by atoms with van der Waals surface area (Å²) in [5.74, 6) is 0.301. The van der Waals surface area contributed by atoms with Crippen molar-refractivity contribution in [2.24, 2.45) is 5.92 Å². The highest BCUT2D eigenvalue weighted by atomic mass is 32.2. The lowest BCUT2D eigenvalue weighted by Gasteiger charge is -2.17. The SMILES string of the molecule is CCCNc1ccc(S(=O)(=O)N2CCC(COC)C2)cc1. The van der Waals surface area contributed by atoms with Gasteiger partial charge in [-0.25, -0.2) is 8.42 Å². The van der Waals surface area contributed by atoms with Gasteiger partial charge in [-0.15, -0.1) is 0 Å². The van der Waals surface area contributed by atoms with Crippen LogP contribution in [0, 0.1) is 5.92 Å². The monoisotopic (exact) mass is 312 g/mol. The number of ether oxygens (including phenoxy) is 1. The van der Waals surface area contributed by atoms with Crippen molar-refractivity contribution in [1.82, 2.24) is 4.31 Å². The Morgan fingerprint density at radius 2 is 2.05 bits per heavy atom. The Morgan fingerprint density at radius 1 is 1.33 bits per heavy atom. The van der Waals surface area contributed by atoms with E-state index in [0.29, 0.717) is 30.5 Å². The second-order valence-electron chi connectivity index (χ2n) is 5.42. The van der Waals surface area contributed by atoms with Crippen LogP contribution in [-0.2, 0) is 14.8 Å². The van der Waals surface area contributed by atoms with Crippen molar-refractivity contribution < 1.29 is 13.2 Å². The maximum absolute atomic E-state index is 12.6. The van der Waals surface area contributed by atoms with E-state index < -0.39 is 10.0 Å². The molecule has 0 amide bonds. The smallest absolute Gasteiger partial charge is 0.243 e. The fraction of sp³-hybridized carbons (Fsp3) is 0.600. The third-order valence-corrected chi connectivity index (χ3v) is 5.60. The molecule has 0 aliphatic carbocycles. The van der Waals surface area contributed by atoms with Crippen LogP contribution in [0.15, 0.2) is 29.2 Å². The summed E-state index contributed by atoms with van der Waals surface area (Å²) in [6, 6.07) is 7.00. The molecule has 6 heteroatoms. The van der Waals surface area contributed by atoms with Crippen LogP contribution in [0.4, 0.5) is 5.69 Å². The number of hydrogen-bond donors (Lipinski definition) is 1. The van der Waals surface area contributed by atoms with Gasteiger partial charge < -0.3 is 10.1 Å². The molecule has 0 bridgehead atoms. The molecule has 1 heterocycles. The lowest BCUT2D eigenvalue weighted by molar-refractivity contribution is 0.157. The first-order valence-electron chi connectivity index (χ1n) is 7.41. The number of rotatable bonds is 7. The number of anilines is 1. The molecular formula is C15H24N2O3S. The normalized spacial score (nSPS) is 19.8. The number of methoxy groups -OCH3 is 1. The maximum Gasteiger partial charge on any atom is 0.243 e. The number of sulfonamides is 1. The van der Waals surface area contributed by atoms with Crippen molar-refractivity contribution in [3.05, 3.63) is 24.3 Å². The summed E-state index contributed by atoms with van der Waals surface area (Å²) in [6.07, 6.45) is 1.90. The number of nitrogens with one attached hydrogen (secondary N) is 1. The van der Waals surface area contributed by atoms with Crippen LogP contribution >= 0.6 is 0 Å². The fourth-order valence-corrected chi connectivity index (χ4v) is 4.08.